The number of ketones is 1. The van der Waals surface area contributed by atoms with Crippen LogP contribution in [0.1, 0.15) is 77.6 Å². The van der Waals surface area contributed by atoms with Gasteiger partial charge in [0.15, 0.2) is 0 Å². The van der Waals surface area contributed by atoms with Crippen LogP contribution in [-0.2, 0) is 14.3 Å². The number of ether oxygens (including phenoxy) is 1. The van der Waals surface area contributed by atoms with E-state index in [1.54, 1.807) is 0 Å². The zero-order valence-corrected chi connectivity index (χ0v) is 12.0. The van der Waals surface area contributed by atoms with Crippen LogP contribution in [0.2, 0.25) is 0 Å². The third-order valence-corrected chi connectivity index (χ3v) is 3.21. The first-order valence-electron chi connectivity index (χ1n) is 7.29. The molecule has 3 nitrogen and oxygen atoms in total. The van der Waals surface area contributed by atoms with E-state index >= 15 is 0 Å². The SMILES string of the molecule is CCC(=O)CCCCCCCCCCC(=O)OC. The molecule has 0 fully saturated rings. The van der Waals surface area contributed by atoms with Crippen LogP contribution in [0.4, 0.5) is 0 Å². The van der Waals surface area contributed by atoms with Gasteiger partial charge in [-0.25, -0.2) is 0 Å². The Morgan fingerprint density at radius 3 is 1.67 bits per heavy atom. The molecule has 0 atom stereocenters. The second-order valence-corrected chi connectivity index (χ2v) is 4.80. The quantitative estimate of drug-likeness (QED) is 0.391. The zero-order valence-electron chi connectivity index (χ0n) is 12.0. The molecule has 0 aliphatic rings. The molecular weight excluding hydrogens is 228 g/mol. The van der Waals surface area contributed by atoms with Gasteiger partial charge in [-0.1, -0.05) is 45.4 Å². The van der Waals surface area contributed by atoms with E-state index in [0.29, 0.717) is 18.6 Å². The number of hydrogen-bond donors (Lipinski definition) is 0. The summed E-state index contributed by atoms with van der Waals surface area (Å²) >= 11 is 0. The van der Waals surface area contributed by atoms with Crippen molar-refractivity contribution in [2.45, 2.75) is 77.6 Å². The highest BCUT2D eigenvalue weighted by Gasteiger charge is 2.00. The Bertz CT molecular complexity index is 200. The molecule has 0 aliphatic carbocycles. The number of unbranched alkanes of at least 4 members (excludes halogenated alkanes) is 7. The largest absolute Gasteiger partial charge is 0.469 e. The monoisotopic (exact) mass is 256 g/mol. The fourth-order valence-electron chi connectivity index (χ4n) is 1.93. The maximum absolute atomic E-state index is 11.1. The second kappa shape index (κ2) is 12.6. The van der Waals surface area contributed by atoms with Crippen LogP contribution in [0.15, 0.2) is 0 Å². The van der Waals surface area contributed by atoms with Crippen molar-refractivity contribution >= 4 is 11.8 Å². The van der Waals surface area contributed by atoms with Crippen LogP contribution in [0.25, 0.3) is 0 Å². The summed E-state index contributed by atoms with van der Waals surface area (Å²) in [6.45, 7) is 1.93. The van der Waals surface area contributed by atoms with E-state index in [1.807, 2.05) is 6.92 Å². The average molecular weight is 256 g/mol. The molecule has 3 heteroatoms. The fourth-order valence-corrected chi connectivity index (χ4v) is 1.93. The van der Waals surface area contributed by atoms with Crippen molar-refractivity contribution in [2.24, 2.45) is 0 Å². The summed E-state index contributed by atoms with van der Waals surface area (Å²) in [5.74, 6) is 0.286. The molecule has 0 saturated heterocycles. The van der Waals surface area contributed by atoms with Gasteiger partial charge < -0.3 is 4.74 Å². The van der Waals surface area contributed by atoms with Crippen LogP contribution < -0.4 is 0 Å². The first kappa shape index (κ1) is 17.1. The molecule has 0 amide bonds. The van der Waals surface area contributed by atoms with Gasteiger partial charge in [-0.15, -0.1) is 0 Å². The molecule has 0 aromatic carbocycles. The minimum absolute atomic E-state index is 0.101. The molecule has 0 N–H and O–H groups in total. The second-order valence-electron chi connectivity index (χ2n) is 4.80. The molecule has 0 aromatic heterocycles. The van der Waals surface area contributed by atoms with Crippen LogP contribution in [0, 0.1) is 0 Å². The molecule has 18 heavy (non-hydrogen) atoms. The summed E-state index contributed by atoms with van der Waals surface area (Å²) in [5.41, 5.74) is 0. The van der Waals surface area contributed by atoms with Crippen molar-refractivity contribution in [3.63, 3.8) is 0 Å². The first-order chi connectivity index (χ1) is 8.70. The van der Waals surface area contributed by atoms with Gasteiger partial charge in [0.25, 0.3) is 0 Å². The third-order valence-electron chi connectivity index (χ3n) is 3.21. The molecule has 0 unspecified atom stereocenters. The molecule has 0 saturated carbocycles. The molecule has 106 valence electrons. The van der Waals surface area contributed by atoms with Crippen molar-refractivity contribution in [1.29, 1.82) is 0 Å². The van der Waals surface area contributed by atoms with E-state index in [9.17, 15) is 9.59 Å². The Hall–Kier alpha value is -0.860. The Labute approximate surface area is 111 Å². The Morgan fingerprint density at radius 1 is 0.778 bits per heavy atom. The van der Waals surface area contributed by atoms with Gasteiger partial charge in [-0.05, 0) is 12.8 Å². The average Bonchev–Trinajstić information content (AvgIpc) is 2.40. The van der Waals surface area contributed by atoms with E-state index in [4.69, 9.17) is 0 Å². The van der Waals surface area contributed by atoms with Crippen molar-refractivity contribution in [3.05, 3.63) is 0 Å². The molecular formula is C15H28O3. The van der Waals surface area contributed by atoms with Gasteiger partial charge >= 0.3 is 5.97 Å². The highest BCUT2D eigenvalue weighted by molar-refractivity contribution is 5.77. The van der Waals surface area contributed by atoms with Crippen molar-refractivity contribution in [3.8, 4) is 0 Å². The lowest BCUT2D eigenvalue weighted by Gasteiger charge is -2.02. The van der Waals surface area contributed by atoms with E-state index in [0.717, 1.165) is 25.7 Å². The predicted molar refractivity (Wildman–Crippen MR) is 73.5 cm³/mol. The molecule has 0 heterocycles. The highest BCUT2D eigenvalue weighted by Crippen LogP contribution is 2.11. The van der Waals surface area contributed by atoms with E-state index in [2.05, 4.69) is 4.74 Å². The molecule has 0 radical (unpaired) electrons. The highest BCUT2D eigenvalue weighted by atomic mass is 16.5. The lowest BCUT2D eigenvalue weighted by atomic mass is 10.0. The summed E-state index contributed by atoms with van der Waals surface area (Å²) in [6.07, 6.45) is 11.2. The minimum Gasteiger partial charge on any atom is -0.469 e. The summed E-state index contributed by atoms with van der Waals surface area (Å²) < 4.78 is 4.58. The lowest BCUT2D eigenvalue weighted by Crippen LogP contribution is -1.99. The van der Waals surface area contributed by atoms with E-state index in [-0.39, 0.29) is 5.97 Å². The molecule has 0 aromatic rings. The number of carbonyl (C=O) groups excluding carboxylic acids is 2. The van der Waals surface area contributed by atoms with Crippen molar-refractivity contribution < 1.29 is 14.3 Å². The van der Waals surface area contributed by atoms with Crippen LogP contribution in [0.5, 0.6) is 0 Å². The summed E-state index contributed by atoms with van der Waals surface area (Å²) in [7, 11) is 1.44. The Kier molecular flexibility index (Phi) is 12.0. The maximum atomic E-state index is 11.1. The van der Waals surface area contributed by atoms with E-state index in [1.165, 1.54) is 39.2 Å². The molecule has 0 spiro atoms. The van der Waals surface area contributed by atoms with Gasteiger partial charge in [-0.2, -0.15) is 0 Å². The number of rotatable bonds is 12. The van der Waals surface area contributed by atoms with Gasteiger partial charge in [0.1, 0.15) is 5.78 Å². The molecule has 0 bridgehead atoms. The summed E-state index contributed by atoms with van der Waals surface area (Å²) in [4.78, 5) is 21.9. The molecule has 0 rings (SSSR count). The lowest BCUT2D eigenvalue weighted by molar-refractivity contribution is -0.140. The van der Waals surface area contributed by atoms with Gasteiger partial charge in [0.05, 0.1) is 7.11 Å². The van der Waals surface area contributed by atoms with Crippen molar-refractivity contribution in [1.82, 2.24) is 0 Å². The number of hydrogen-bond acceptors (Lipinski definition) is 3. The first-order valence-corrected chi connectivity index (χ1v) is 7.29. The number of Topliss-reactive ketones (excluding diaryl/α,β-unsaturated/α-hetero) is 1. The standard InChI is InChI=1S/C15H28O3/c1-3-14(16)12-10-8-6-4-5-7-9-11-13-15(17)18-2/h3-13H2,1-2H3. The summed E-state index contributed by atoms with van der Waals surface area (Å²) in [6, 6.07) is 0. The van der Waals surface area contributed by atoms with Crippen LogP contribution >= 0.6 is 0 Å². The Morgan fingerprint density at radius 2 is 1.22 bits per heavy atom. The van der Waals surface area contributed by atoms with Gasteiger partial charge in [-0.3, -0.25) is 9.59 Å². The van der Waals surface area contributed by atoms with Gasteiger partial charge in [0, 0.05) is 19.3 Å². The summed E-state index contributed by atoms with van der Waals surface area (Å²) in [5, 5.41) is 0. The van der Waals surface area contributed by atoms with Crippen molar-refractivity contribution in [2.75, 3.05) is 7.11 Å². The fraction of sp³-hybridized carbons (Fsp3) is 0.867. The number of carbonyl (C=O) groups is 2. The van der Waals surface area contributed by atoms with Crippen LogP contribution in [0.3, 0.4) is 0 Å². The zero-order chi connectivity index (χ0) is 13.6. The molecule has 0 aliphatic heterocycles. The predicted octanol–water partition coefficient (Wildman–Crippen LogP) is 4.04. The van der Waals surface area contributed by atoms with Gasteiger partial charge in [0.2, 0.25) is 0 Å². The Balaban J connectivity index is 3.07. The third kappa shape index (κ3) is 11.6. The number of methoxy groups -OCH3 is 1. The maximum Gasteiger partial charge on any atom is 0.305 e. The normalized spacial score (nSPS) is 10.3. The van der Waals surface area contributed by atoms with Crippen LogP contribution in [-0.4, -0.2) is 18.9 Å². The van der Waals surface area contributed by atoms with E-state index < -0.39 is 0 Å². The number of esters is 1. The topological polar surface area (TPSA) is 43.4 Å². The smallest absolute Gasteiger partial charge is 0.305 e. The minimum atomic E-state index is -0.101.